The van der Waals surface area contributed by atoms with Gasteiger partial charge in [-0.2, -0.15) is 21.0 Å². The van der Waals surface area contributed by atoms with Crippen LogP contribution < -0.4 is 0 Å². The first-order valence-corrected chi connectivity index (χ1v) is 5.92. The van der Waals surface area contributed by atoms with Crippen molar-refractivity contribution in [3.05, 3.63) is 12.2 Å². The van der Waals surface area contributed by atoms with E-state index in [1.165, 1.54) is 6.08 Å². The van der Waals surface area contributed by atoms with E-state index in [4.69, 9.17) is 0 Å². The molecule has 0 atom stereocenters. The molecule has 0 heterocycles. The van der Waals surface area contributed by atoms with Crippen LogP contribution in [0.25, 0.3) is 0 Å². The molecule has 0 aliphatic heterocycles. The SMILES string of the molecule is CC=CC(=O)OS(=O)(=O)CCCS. The predicted octanol–water partition coefficient (Wildman–Crippen LogP) is 0.755. The zero-order valence-corrected chi connectivity index (χ0v) is 8.98. The Morgan fingerprint density at radius 3 is 2.62 bits per heavy atom. The molecule has 0 unspecified atom stereocenters. The van der Waals surface area contributed by atoms with E-state index in [-0.39, 0.29) is 5.75 Å². The van der Waals surface area contributed by atoms with E-state index >= 15 is 0 Å². The molecule has 0 aliphatic carbocycles. The number of allylic oxidation sites excluding steroid dienone is 1. The van der Waals surface area contributed by atoms with Crippen LogP contribution in [-0.4, -0.2) is 25.9 Å². The maximum Gasteiger partial charge on any atom is 0.346 e. The molecule has 0 N–H and O–H groups in total. The Kier molecular flexibility index (Phi) is 5.81. The molecule has 76 valence electrons. The van der Waals surface area contributed by atoms with E-state index in [2.05, 4.69) is 16.8 Å². The van der Waals surface area contributed by atoms with E-state index in [0.29, 0.717) is 12.2 Å². The van der Waals surface area contributed by atoms with Gasteiger partial charge in [-0.1, -0.05) is 6.08 Å². The van der Waals surface area contributed by atoms with Crippen molar-refractivity contribution in [1.29, 1.82) is 0 Å². The average Bonchev–Trinajstić information content (AvgIpc) is 2.00. The maximum absolute atomic E-state index is 11.0. The third-order valence-corrected chi connectivity index (χ3v) is 2.59. The minimum atomic E-state index is -3.71. The molecule has 0 amide bonds. The largest absolute Gasteiger partial charge is 0.346 e. The molecule has 0 fully saturated rings. The first-order chi connectivity index (χ1) is 6.02. The van der Waals surface area contributed by atoms with Gasteiger partial charge in [-0.05, 0) is 19.1 Å². The summed E-state index contributed by atoms with van der Waals surface area (Å²) >= 11 is 3.85. The molecule has 0 bridgehead atoms. The summed E-state index contributed by atoms with van der Waals surface area (Å²) in [5.41, 5.74) is 0. The highest BCUT2D eigenvalue weighted by Crippen LogP contribution is 1.98. The molecule has 4 nitrogen and oxygen atoms in total. The monoisotopic (exact) mass is 224 g/mol. The molecule has 0 radical (unpaired) electrons. The molecule has 0 rings (SSSR count). The first kappa shape index (κ1) is 12.5. The Morgan fingerprint density at radius 2 is 2.15 bits per heavy atom. The van der Waals surface area contributed by atoms with Crippen molar-refractivity contribution in [2.75, 3.05) is 11.5 Å². The first-order valence-electron chi connectivity index (χ1n) is 3.71. The van der Waals surface area contributed by atoms with Crippen molar-refractivity contribution in [2.24, 2.45) is 0 Å². The van der Waals surface area contributed by atoms with Gasteiger partial charge in [-0.25, -0.2) is 4.79 Å². The Balaban J connectivity index is 4.10. The highest BCUT2D eigenvalue weighted by Gasteiger charge is 2.13. The molecular weight excluding hydrogens is 212 g/mol. The average molecular weight is 224 g/mol. The van der Waals surface area contributed by atoms with Crippen LogP contribution >= 0.6 is 12.6 Å². The lowest BCUT2D eigenvalue weighted by Gasteiger charge is -2.01. The summed E-state index contributed by atoms with van der Waals surface area (Å²) in [7, 11) is -3.71. The van der Waals surface area contributed by atoms with Gasteiger partial charge in [0.05, 0.1) is 5.75 Å². The molecular formula is C7H12O4S2. The number of hydrogen-bond acceptors (Lipinski definition) is 5. The van der Waals surface area contributed by atoms with Gasteiger partial charge in [0.2, 0.25) is 0 Å². The van der Waals surface area contributed by atoms with Crippen LogP contribution in [-0.2, 0) is 19.1 Å². The molecule has 6 heteroatoms. The minimum absolute atomic E-state index is 0.181. The second-order valence-electron chi connectivity index (χ2n) is 2.24. The number of carbonyl (C=O) groups is 1. The fourth-order valence-electron chi connectivity index (χ4n) is 0.572. The summed E-state index contributed by atoms with van der Waals surface area (Å²) in [5.74, 6) is -0.595. The standard InChI is InChI=1S/C7H12O4S2/c1-2-4-7(8)11-13(9,10)6-3-5-12/h2,4,12H,3,5-6H2,1H3. The smallest absolute Gasteiger partial charge is 0.342 e. The maximum atomic E-state index is 11.0. The number of thiol groups is 1. The second-order valence-corrected chi connectivity index (χ2v) is 4.38. The van der Waals surface area contributed by atoms with Crippen LogP contribution in [0.15, 0.2) is 12.2 Å². The lowest BCUT2D eigenvalue weighted by molar-refractivity contribution is -0.128. The fraction of sp³-hybridized carbons (Fsp3) is 0.571. The van der Waals surface area contributed by atoms with Crippen molar-refractivity contribution in [1.82, 2.24) is 0 Å². The summed E-state index contributed by atoms with van der Waals surface area (Å²) in [6.45, 7) is 1.60. The highest BCUT2D eigenvalue weighted by molar-refractivity contribution is 7.87. The molecule has 0 saturated carbocycles. The van der Waals surface area contributed by atoms with Gasteiger partial charge in [0.1, 0.15) is 0 Å². The van der Waals surface area contributed by atoms with Gasteiger partial charge in [0.25, 0.3) is 0 Å². The van der Waals surface area contributed by atoms with Crippen molar-refractivity contribution in [3.8, 4) is 0 Å². The second kappa shape index (κ2) is 6.04. The van der Waals surface area contributed by atoms with Gasteiger partial charge in [0, 0.05) is 6.08 Å². The Hall–Kier alpha value is -0.490. The lowest BCUT2D eigenvalue weighted by atomic mass is 10.5. The normalized spacial score (nSPS) is 11.8. The van der Waals surface area contributed by atoms with Crippen LogP contribution in [0.3, 0.4) is 0 Å². The van der Waals surface area contributed by atoms with Gasteiger partial charge in [-0.3, -0.25) is 0 Å². The van der Waals surface area contributed by atoms with Gasteiger partial charge < -0.3 is 4.18 Å². The predicted molar refractivity (Wildman–Crippen MR) is 53.2 cm³/mol. The van der Waals surface area contributed by atoms with Crippen LogP contribution in [0, 0.1) is 0 Å². The molecule has 0 aliphatic rings. The summed E-state index contributed by atoms with van der Waals surface area (Å²) in [6, 6.07) is 0. The molecule has 0 aromatic heterocycles. The number of rotatable bonds is 5. The number of hydrogen-bond donors (Lipinski definition) is 1. The van der Waals surface area contributed by atoms with Crippen molar-refractivity contribution in [2.45, 2.75) is 13.3 Å². The third kappa shape index (κ3) is 6.65. The molecule has 0 spiro atoms. The van der Waals surface area contributed by atoms with Crippen molar-refractivity contribution >= 4 is 28.7 Å². The van der Waals surface area contributed by atoms with E-state index < -0.39 is 16.1 Å². The van der Waals surface area contributed by atoms with Crippen LogP contribution in [0.2, 0.25) is 0 Å². The lowest BCUT2D eigenvalue weighted by Crippen LogP contribution is -2.14. The zero-order chi connectivity index (χ0) is 10.3. The minimum Gasteiger partial charge on any atom is -0.342 e. The van der Waals surface area contributed by atoms with Crippen LogP contribution in [0.4, 0.5) is 0 Å². The van der Waals surface area contributed by atoms with E-state index in [1.807, 2.05) is 0 Å². The van der Waals surface area contributed by atoms with Crippen molar-refractivity contribution < 1.29 is 17.4 Å². The van der Waals surface area contributed by atoms with Gasteiger partial charge >= 0.3 is 16.1 Å². The Labute approximate surface area is 83.5 Å². The number of carbonyl (C=O) groups excluding carboxylic acids is 1. The summed E-state index contributed by atoms with van der Waals surface area (Å²) in [5, 5.41) is 0. The fourth-order valence-corrected chi connectivity index (χ4v) is 1.83. The topological polar surface area (TPSA) is 60.4 Å². The Morgan fingerprint density at radius 1 is 1.54 bits per heavy atom. The van der Waals surface area contributed by atoms with E-state index in [9.17, 15) is 13.2 Å². The van der Waals surface area contributed by atoms with Crippen molar-refractivity contribution in [3.63, 3.8) is 0 Å². The molecule has 0 aromatic carbocycles. The van der Waals surface area contributed by atoms with Crippen LogP contribution in [0.1, 0.15) is 13.3 Å². The van der Waals surface area contributed by atoms with E-state index in [1.54, 1.807) is 6.92 Å². The zero-order valence-electron chi connectivity index (χ0n) is 7.26. The van der Waals surface area contributed by atoms with Gasteiger partial charge in [-0.15, -0.1) is 0 Å². The molecule has 0 aromatic rings. The highest BCUT2D eigenvalue weighted by atomic mass is 32.2. The van der Waals surface area contributed by atoms with E-state index in [0.717, 1.165) is 6.08 Å². The summed E-state index contributed by atoms with van der Waals surface area (Å²) in [4.78, 5) is 10.7. The molecule has 0 saturated heterocycles. The third-order valence-electron chi connectivity index (χ3n) is 1.06. The Bertz CT molecular complexity index is 279. The molecule has 13 heavy (non-hydrogen) atoms. The van der Waals surface area contributed by atoms with Crippen LogP contribution in [0.5, 0.6) is 0 Å². The quantitative estimate of drug-likeness (QED) is 0.425. The summed E-state index contributed by atoms with van der Waals surface area (Å²) in [6.07, 6.45) is 2.84. The summed E-state index contributed by atoms with van der Waals surface area (Å²) < 4.78 is 26.1. The van der Waals surface area contributed by atoms with Gasteiger partial charge in [0.15, 0.2) is 0 Å².